The molecular formula is C20H23NO5. The van der Waals surface area contributed by atoms with Crippen LogP contribution in [-0.2, 0) is 5.54 Å². The lowest BCUT2D eigenvalue weighted by atomic mass is 9.93. The number of ether oxygens (including phenoxy) is 4. The van der Waals surface area contributed by atoms with Crippen LogP contribution in [0.15, 0.2) is 36.4 Å². The van der Waals surface area contributed by atoms with Crippen LogP contribution in [0.1, 0.15) is 29.8 Å². The lowest BCUT2D eigenvalue weighted by Crippen LogP contribution is -2.41. The molecule has 6 nitrogen and oxygen atoms in total. The van der Waals surface area contributed by atoms with E-state index >= 15 is 0 Å². The molecule has 2 aromatic carbocycles. The topological polar surface area (TPSA) is 66.0 Å². The van der Waals surface area contributed by atoms with Crippen LogP contribution >= 0.6 is 0 Å². The highest BCUT2D eigenvalue weighted by atomic mass is 16.6. The Morgan fingerprint density at radius 2 is 1.58 bits per heavy atom. The fourth-order valence-corrected chi connectivity index (χ4v) is 2.80. The van der Waals surface area contributed by atoms with E-state index in [2.05, 4.69) is 5.32 Å². The maximum absolute atomic E-state index is 12.8. The maximum atomic E-state index is 12.8. The first-order valence-electron chi connectivity index (χ1n) is 8.38. The molecular weight excluding hydrogens is 334 g/mol. The minimum absolute atomic E-state index is 0.220. The number of rotatable bonds is 5. The van der Waals surface area contributed by atoms with E-state index in [1.54, 1.807) is 32.4 Å². The molecule has 1 amide bonds. The summed E-state index contributed by atoms with van der Waals surface area (Å²) in [6.07, 6.45) is 0. The van der Waals surface area contributed by atoms with E-state index in [-0.39, 0.29) is 5.91 Å². The molecule has 138 valence electrons. The molecule has 0 aliphatic carbocycles. The number of amides is 1. The van der Waals surface area contributed by atoms with Crippen molar-refractivity contribution in [1.29, 1.82) is 0 Å². The molecule has 1 N–H and O–H groups in total. The predicted octanol–water partition coefficient (Wildman–Crippen LogP) is 3.14. The molecule has 0 aromatic heterocycles. The highest BCUT2D eigenvalue weighted by Crippen LogP contribution is 2.34. The summed E-state index contributed by atoms with van der Waals surface area (Å²) in [5.41, 5.74) is 0.778. The Balaban J connectivity index is 1.84. The van der Waals surface area contributed by atoms with E-state index in [0.717, 1.165) is 11.3 Å². The molecule has 1 heterocycles. The van der Waals surface area contributed by atoms with E-state index in [4.69, 9.17) is 18.9 Å². The fraction of sp³-hybridized carbons (Fsp3) is 0.350. The number of nitrogens with one attached hydrogen (secondary N) is 1. The van der Waals surface area contributed by atoms with Crippen LogP contribution in [0, 0.1) is 0 Å². The second kappa shape index (κ2) is 7.15. The van der Waals surface area contributed by atoms with Crippen LogP contribution in [0.2, 0.25) is 0 Å². The first-order chi connectivity index (χ1) is 12.4. The summed E-state index contributed by atoms with van der Waals surface area (Å²) in [6.45, 7) is 4.94. The van der Waals surface area contributed by atoms with E-state index in [1.807, 2.05) is 32.0 Å². The molecule has 1 aliphatic heterocycles. The molecule has 26 heavy (non-hydrogen) atoms. The van der Waals surface area contributed by atoms with Crippen molar-refractivity contribution in [3.8, 4) is 23.0 Å². The lowest BCUT2D eigenvalue weighted by Gasteiger charge is -2.29. The van der Waals surface area contributed by atoms with Gasteiger partial charge in [0, 0.05) is 11.6 Å². The first-order valence-corrected chi connectivity index (χ1v) is 8.38. The average Bonchev–Trinajstić information content (AvgIpc) is 2.66. The van der Waals surface area contributed by atoms with Gasteiger partial charge in [0.05, 0.1) is 19.8 Å². The Kier molecular flexibility index (Phi) is 4.93. The highest BCUT2D eigenvalue weighted by Gasteiger charge is 2.26. The Morgan fingerprint density at radius 3 is 2.19 bits per heavy atom. The van der Waals surface area contributed by atoms with Gasteiger partial charge >= 0.3 is 0 Å². The van der Waals surface area contributed by atoms with Crippen molar-refractivity contribution in [2.45, 2.75) is 19.4 Å². The largest absolute Gasteiger partial charge is 0.497 e. The zero-order valence-electron chi connectivity index (χ0n) is 15.4. The minimum Gasteiger partial charge on any atom is -0.497 e. The molecule has 6 heteroatoms. The normalized spacial score (nSPS) is 13.1. The zero-order chi connectivity index (χ0) is 18.7. The van der Waals surface area contributed by atoms with Gasteiger partial charge in [-0.2, -0.15) is 0 Å². The smallest absolute Gasteiger partial charge is 0.252 e. The number of hydrogen-bond donors (Lipinski definition) is 1. The number of methoxy groups -OCH3 is 2. The second-order valence-corrected chi connectivity index (χ2v) is 6.54. The summed E-state index contributed by atoms with van der Waals surface area (Å²) in [6, 6.07) is 10.8. The standard InChI is InChI=1S/C20H23NO5/c1-20(2,14-5-6-17-18(11-14)26-8-7-25-17)21-19(22)13-9-15(23-3)12-16(10-13)24-4/h5-6,9-12H,7-8H2,1-4H3,(H,21,22). The molecule has 0 saturated heterocycles. The van der Waals surface area contributed by atoms with E-state index in [9.17, 15) is 4.79 Å². The van der Waals surface area contributed by atoms with Crippen molar-refractivity contribution in [2.75, 3.05) is 27.4 Å². The average molecular weight is 357 g/mol. The quantitative estimate of drug-likeness (QED) is 0.890. The van der Waals surface area contributed by atoms with Gasteiger partial charge in [-0.25, -0.2) is 0 Å². The van der Waals surface area contributed by atoms with Crippen molar-refractivity contribution in [3.63, 3.8) is 0 Å². The third-order valence-electron chi connectivity index (χ3n) is 4.30. The third-order valence-corrected chi connectivity index (χ3v) is 4.30. The van der Waals surface area contributed by atoms with Gasteiger partial charge in [-0.15, -0.1) is 0 Å². The van der Waals surface area contributed by atoms with Gasteiger partial charge in [0.25, 0.3) is 5.91 Å². The van der Waals surface area contributed by atoms with Gasteiger partial charge < -0.3 is 24.3 Å². The van der Waals surface area contributed by atoms with Crippen LogP contribution in [0.5, 0.6) is 23.0 Å². The van der Waals surface area contributed by atoms with Gasteiger partial charge in [-0.1, -0.05) is 6.07 Å². The Hall–Kier alpha value is -2.89. The number of fused-ring (bicyclic) bond motifs is 1. The summed E-state index contributed by atoms with van der Waals surface area (Å²) in [4.78, 5) is 12.8. The predicted molar refractivity (Wildman–Crippen MR) is 97.5 cm³/mol. The highest BCUT2D eigenvalue weighted by molar-refractivity contribution is 5.95. The SMILES string of the molecule is COc1cc(OC)cc(C(=O)NC(C)(C)c2ccc3c(c2)OCCO3)c1. The molecule has 1 aliphatic rings. The van der Waals surface area contributed by atoms with Crippen LogP contribution < -0.4 is 24.3 Å². The lowest BCUT2D eigenvalue weighted by molar-refractivity contribution is 0.0911. The van der Waals surface area contributed by atoms with Crippen molar-refractivity contribution in [3.05, 3.63) is 47.5 Å². The van der Waals surface area contributed by atoms with Crippen LogP contribution in [-0.4, -0.2) is 33.3 Å². The van der Waals surface area contributed by atoms with E-state index in [0.29, 0.717) is 36.0 Å². The van der Waals surface area contributed by atoms with Crippen molar-refractivity contribution in [2.24, 2.45) is 0 Å². The number of carbonyl (C=O) groups is 1. The van der Waals surface area contributed by atoms with E-state index in [1.165, 1.54) is 0 Å². The van der Waals surface area contributed by atoms with Gasteiger partial charge in [-0.05, 0) is 43.7 Å². The summed E-state index contributed by atoms with van der Waals surface area (Å²) in [5, 5.41) is 3.05. The monoisotopic (exact) mass is 357 g/mol. The molecule has 0 atom stereocenters. The van der Waals surface area contributed by atoms with Gasteiger partial charge in [0.1, 0.15) is 24.7 Å². The van der Waals surface area contributed by atoms with E-state index < -0.39 is 5.54 Å². The minimum atomic E-state index is -0.608. The van der Waals surface area contributed by atoms with Crippen LogP contribution in [0.3, 0.4) is 0 Å². The number of carbonyl (C=O) groups excluding carboxylic acids is 1. The first kappa shape index (κ1) is 17.9. The number of benzene rings is 2. The van der Waals surface area contributed by atoms with Crippen LogP contribution in [0.4, 0.5) is 0 Å². The fourth-order valence-electron chi connectivity index (χ4n) is 2.80. The van der Waals surface area contributed by atoms with Crippen molar-refractivity contribution in [1.82, 2.24) is 5.32 Å². The van der Waals surface area contributed by atoms with Crippen molar-refractivity contribution < 1.29 is 23.7 Å². The Morgan fingerprint density at radius 1 is 0.962 bits per heavy atom. The van der Waals surface area contributed by atoms with Gasteiger partial charge in [0.15, 0.2) is 11.5 Å². The summed E-state index contributed by atoms with van der Waals surface area (Å²) >= 11 is 0. The molecule has 0 saturated carbocycles. The number of hydrogen-bond acceptors (Lipinski definition) is 5. The molecule has 0 radical (unpaired) electrons. The third kappa shape index (κ3) is 3.69. The van der Waals surface area contributed by atoms with Gasteiger partial charge in [0.2, 0.25) is 0 Å². The molecule has 0 bridgehead atoms. The summed E-state index contributed by atoms with van der Waals surface area (Å²) < 4.78 is 21.7. The summed E-state index contributed by atoms with van der Waals surface area (Å²) in [7, 11) is 3.10. The second-order valence-electron chi connectivity index (χ2n) is 6.54. The molecule has 0 fully saturated rings. The molecule has 0 unspecified atom stereocenters. The van der Waals surface area contributed by atoms with Crippen LogP contribution in [0.25, 0.3) is 0 Å². The molecule has 2 aromatic rings. The summed E-state index contributed by atoms with van der Waals surface area (Å²) in [5.74, 6) is 2.32. The zero-order valence-corrected chi connectivity index (χ0v) is 15.4. The molecule has 3 rings (SSSR count). The molecule has 0 spiro atoms. The maximum Gasteiger partial charge on any atom is 0.252 e. The Labute approximate surface area is 153 Å². The van der Waals surface area contributed by atoms with Gasteiger partial charge in [-0.3, -0.25) is 4.79 Å². The van der Waals surface area contributed by atoms with Crippen molar-refractivity contribution >= 4 is 5.91 Å². The Bertz CT molecular complexity index is 794.